The Bertz CT molecular complexity index is 934. The van der Waals surface area contributed by atoms with Crippen LogP contribution in [0.3, 0.4) is 0 Å². The smallest absolute Gasteiger partial charge is 0.308 e. The Morgan fingerprint density at radius 1 is 1.03 bits per heavy atom. The molecule has 0 aromatic heterocycles. The van der Waals surface area contributed by atoms with Gasteiger partial charge in [-0.1, -0.05) is 18.2 Å². The van der Waals surface area contributed by atoms with E-state index in [0.29, 0.717) is 49.9 Å². The first-order chi connectivity index (χ1) is 15.4. The lowest BCUT2D eigenvalue weighted by Gasteiger charge is -2.32. The van der Waals surface area contributed by atoms with E-state index >= 15 is 0 Å². The number of ether oxygens (including phenoxy) is 2. The van der Waals surface area contributed by atoms with Crippen LogP contribution in [0.5, 0.6) is 11.5 Å². The molecule has 170 valence electrons. The van der Waals surface area contributed by atoms with Crippen LogP contribution in [0.4, 0.5) is 0 Å². The third-order valence-corrected chi connectivity index (χ3v) is 5.43. The van der Waals surface area contributed by atoms with Crippen molar-refractivity contribution in [3.05, 3.63) is 59.7 Å². The van der Waals surface area contributed by atoms with Crippen LogP contribution in [0.2, 0.25) is 0 Å². The van der Waals surface area contributed by atoms with Crippen molar-refractivity contribution in [1.29, 1.82) is 0 Å². The predicted molar refractivity (Wildman–Crippen MR) is 121 cm³/mol. The summed E-state index contributed by atoms with van der Waals surface area (Å²) in [5.41, 5.74) is 1.45. The van der Waals surface area contributed by atoms with Crippen LogP contribution in [-0.2, 0) is 16.0 Å². The van der Waals surface area contributed by atoms with Gasteiger partial charge in [0.25, 0.3) is 5.91 Å². The second-order valence-electron chi connectivity index (χ2n) is 7.91. The normalized spacial score (nSPS) is 14.0. The first-order valence-corrected chi connectivity index (χ1v) is 11.0. The van der Waals surface area contributed by atoms with Crippen LogP contribution in [0.1, 0.15) is 42.6 Å². The fourth-order valence-corrected chi connectivity index (χ4v) is 3.76. The van der Waals surface area contributed by atoms with Gasteiger partial charge in [-0.2, -0.15) is 0 Å². The van der Waals surface area contributed by atoms with Gasteiger partial charge in [0.1, 0.15) is 11.5 Å². The van der Waals surface area contributed by atoms with Crippen molar-refractivity contribution in [3.8, 4) is 11.5 Å². The number of nitrogens with zero attached hydrogens (tertiary/aromatic N) is 1. The molecule has 0 saturated carbocycles. The number of carbonyl (C=O) groups excluding carboxylic acids is 3. The summed E-state index contributed by atoms with van der Waals surface area (Å²) in [6.07, 6.45) is 2.00. The summed E-state index contributed by atoms with van der Waals surface area (Å²) in [6, 6.07) is 14.2. The van der Waals surface area contributed by atoms with E-state index < -0.39 is 5.97 Å². The maximum atomic E-state index is 12.8. The number of piperidine rings is 1. The van der Waals surface area contributed by atoms with E-state index in [4.69, 9.17) is 9.47 Å². The molecule has 1 heterocycles. The van der Waals surface area contributed by atoms with Crippen molar-refractivity contribution in [1.82, 2.24) is 10.2 Å². The standard InChI is InChI=1S/C25H30N2O5/c1-3-31-22-9-7-19(8-10-22)15-24(29)26-17-20-11-13-27(14-12-20)25(30)21-5-4-6-23(16-21)32-18(2)28/h4-10,16,20H,3,11-15,17H2,1-2H3,(H,26,29). The molecule has 1 aliphatic rings. The highest BCUT2D eigenvalue weighted by atomic mass is 16.5. The fourth-order valence-electron chi connectivity index (χ4n) is 3.76. The van der Waals surface area contributed by atoms with Gasteiger partial charge in [-0.3, -0.25) is 14.4 Å². The lowest BCUT2D eigenvalue weighted by molar-refractivity contribution is -0.131. The quantitative estimate of drug-likeness (QED) is 0.505. The number of rotatable bonds is 8. The largest absolute Gasteiger partial charge is 0.494 e. The molecule has 0 spiro atoms. The van der Waals surface area contributed by atoms with Crippen molar-refractivity contribution in [2.24, 2.45) is 5.92 Å². The van der Waals surface area contributed by atoms with Crippen LogP contribution < -0.4 is 14.8 Å². The molecule has 1 saturated heterocycles. The molecule has 1 fully saturated rings. The number of nitrogens with one attached hydrogen (secondary N) is 1. The molecule has 7 nitrogen and oxygen atoms in total. The van der Waals surface area contributed by atoms with Gasteiger partial charge < -0.3 is 19.7 Å². The van der Waals surface area contributed by atoms with Crippen molar-refractivity contribution in [2.45, 2.75) is 33.1 Å². The van der Waals surface area contributed by atoms with Gasteiger partial charge in [-0.25, -0.2) is 0 Å². The van der Waals surface area contributed by atoms with Crippen molar-refractivity contribution in [3.63, 3.8) is 0 Å². The summed E-state index contributed by atoms with van der Waals surface area (Å²) in [6.45, 7) is 5.76. The summed E-state index contributed by atoms with van der Waals surface area (Å²) < 4.78 is 10.5. The minimum atomic E-state index is -0.417. The van der Waals surface area contributed by atoms with Crippen molar-refractivity contribution >= 4 is 17.8 Å². The predicted octanol–water partition coefficient (Wildman–Crippen LogP) is 3.22. The van der Waals surface area contributed by atoms with Gasteiger partial charge in [-0.15, -0.1) is 0 Å². The molecule has 1 aliphatic heterocycles. The summed E-state index contributed by atoms with van der Waals surface area (Å²) in [5, 5.41) is 3.02. The minimum Gasteiger partial charge on any atom is -0.494 e. The first-order valence-electron chi connectivity index (χ1n) is 11.0. The average molecular weight is 439 g/mol. The summed E-state index contributed by atoms with van der Waals surface area (Å²) in [4.78, 5) is 38.0. The Labute approximate surface area is 188 Å². The number of hydrogen-bond acceptors (Lipinski definition) is 5. The molecule has 0 atom stereocenters. The Morgan fingerprint density at radius 2 is 1.75 bits per heavy atom. The Hall–Kier alpha value is -3.35. The van der Waals surface area contributed by atoms with Gasteiger partial charge >= 0.3 is 5.97 Å². The minimum absolute atomic E-state index is 0.00467. The molecule has 0 bridgehead atoms. The van der Waals surface area contributed by atoms with E-state index in [0.717, 1.165) is 24.2 Å². The molecular formula is C25H30N2O5. The molecule has 0 aliphatic carbocycles. The van der Waals surface area contributed by atoms with E-state index in [9.17, 15) is 14.4 Å². The van der Waals surface area contributed by atoms with Crippen molar-refractivity contribution in [2.75, 3.05) is 26.2 Å². The molecule has 32 heavy (non-hydrogen) atoms. The number of likely N-dealkylation sites (tertiary alicyclic amines) is 1. The zero-order chi connectivity index (χ0) is 22.9. The lowest BCUT2D eigenvalue weighted by atomic mass is 9.96. The zero-order valence-electron chi connectivity index (χ0n) is 18.6. The highest BCUT2D eigenvalue weighted by Crippen LogP contribution is 2.21. The SMILES string of the molecule is CCOc1ccc(CC(=O)NCC2CCN(C(=O)c3cccc(OC(C)=O)c3)CC2)cc1. The zero-order valence-corrected chi connectivity index (χ0v) is 18.6. The topological polar surface area (TPSA) is 84.9 Å². The van der Waals surface area contributed by atoms with Crippen LogP contribution in [0.15, 0.2) is 48.5 Å². The molecule has 0 radical (unpaired) electrons. The molecule has 2 aromatic rings. The number of esters is 1. The van der Waals surface area contributed by atoms with Crippen LogP contribution in [-0.4, -0.2) is 48.9 Å². The lowest BCUT2D eigenvalue weighted by Crippen LogP contribution is -2.41. The van der Waals surface area contributed by atoms with Crippen LogP contribution in [0.25, 0.3) is 0 Å². The molecule has 1 N–H and O–H groups in total. The van der Waals surface area contributed by atoms with E-state index in [1.807, 2.05) is 36.1 Å². The van der Waals surface area contributed by atoms with E-state index in [1.165, 1.54) is 6.92 Å². The van der Waals surface area contributed by atoms with Gasteiger partial charge in [0.05, 0.1) is 13.0 Å². The molecule has 2 aromatic carbocycles. The Kier molecular flexibility index (Phi) is 8.25. The number of amides is 2. The maximum absolute atomic E-state index is 12.8. The van der Waals surface area contributed by atoms with Gasteiger partial charge in [-0.05, 0) is 61.6 Å². The Balaban J connectivity index is 1.42. The molecule has 2 amide bonds. The number of benzene rings is 2. The van der Waals surface area contributed by atoms with E-state index in [-0.39, 0.29) is 11.8 Å². The second-order valence-corrected chi connectivity index (χ2v) is 7.91. The van der Waals surface area contributed by atoms with Gasteiger partial charge in [0.15, 0.2) is 0 Å². The molecule has 7 heteroatoms. The fraction of sp³-hybridized carbons (Fsp3) is 0.400. The van der Waals surface area contributed by atoms with Crippen LogP contribution >= 0.6 is 0 Å². The monoisotopic (exact) mass is 438 g/mol. The maximum Gasteiger partial charge on any atom is 0.308 e. The summed E-state index contributed by atoms with van der Waals surface area (Å²) in [5.74, 6) is 1.02. The van der Waals surface area contributed by atoms with E-state index in [1.54, 1.807) is 24.3 Å². The van der Waals surface area contributed by atoms with Crippen molar-refractivity contribution < 1.29 is 23.9 Å². The van der Waals surface area contributed by atoms with Crippen LogP contribution in [0, 0.1) is 5.92 Å². The summed E-state index contributed by atoms with van der Waals surface area (Å²) in [7, 11) is 0. The third-order valence-electron chi connectivity index (χ3n) is 5.43. The average Bonchev–Trinajstić information content (AvgIpc) is 2.79. The molecule has 0 unspecified atom stereocenters. The van der Waals surface area contributed by atoms with E-state index in [2.05, 4.69) is 5.32 Å². The first kappa shape index (κ1) is 23.3. The summed E-state index contributed by atoms with van der Waals surface area (Å²) >= 11 is 0. The number of hydrogen-bond donors (Lipinski definition) is 1. The van der Waals surface area contributed by atoms with Gasteiger partial charge in [0, 0.05) is 32.1 Å². The highest BCUT2D eigenvalue weighted by molar-refractivity contribution is 5.94. The Morgan fingerprint density at radius 3 is 2.41 bits per heavy atom. The second kappa shape index (κ2) is 11.3. The third kappa shape index (κ3) is 6.83. The molecular weight excluding hydrogens is 408 g/mol. The van der Waals surface area contributed by atoms with Gasteiger partial charge in [0.2, 0.25) is 5.91 Å². The molecule has 3 rings (SSSR count). The highest BCUT2D eigenvalue weighted by Gasteiger charge is 2.24. The number of carbonyl (C=O) groups is 3.